The van der Waals surface area contributed by atoms with E-state index in [1.54, 1.807) is 18.4 Å². The molecular formula is C13H19N3OS. The van der Waals surface area contributed by atoms with Crippen LogP contribution in [0.3, 0.4) is 0 Å². The van der Waals surface area contributed by atoms with E-state index >= 15 is 0 Å². The fourth-order valence-electron chi connectivity index (χ4n) is 1.73. The van der Waals surface area contributed by atoms with E-state index in [4.69, 9.17) is 4.74 Å². The maximum atomic E-state index is 4.99. The zero-order valence-corrected chi connectivity index (χ0v) is 11.7. The molecule has 2 heterocycles. The monoisotopic (exact) mass is 265 g/mol. The molecule has 0 saturated heterocycles. The lowest BCUT2D eigenvalue weighted by atomic mass is 10.3. The lowest BCUT2D eigenvalue weighted by Gasteiger charge is -2.02. The van der Waals surface area contributed by atoms with Gasteiger partial charge in [-0.15, -0.1) is 11.3 Å². The summed E-state index contributed by atoms with van der Waals surface area (Å²) in [7, 11) is 1.72. The minimum atomic E-state index is 0.749. The molecule has 0 aliphatic rings. The Bertz CT molecular complexity index is 478. The zero-order chi connectivity index (χ0) is 12.8. The first-order chi connectivity index (χ1) is 8.78. The molecule has 2 aromatic rings. The Hall–Kier alpha value is -1.17. The molecule has 0 atom stereocenters. The van der Waals surface area contributed by atoms with Crippen molar-refractivity contribution in [2.75, 3.05) is 20.3 Å². The maximum absolute atomic E-state index is 4.99. The van der Waals surface area contributed by atoms with Gasteiger partial charge in [-0.05, 0) is 18.6 Å². The molecule has 18 heavy (non-hydrogen) atoms. The highest BCUT2D eigenvalue weighted by molar-refractivity contribution is 7.09. The number of thiazole rings is 1. The predicted molar refractivity (Wildman–Crippen MR) is 74.0 cm³/mol. The molecule has 0 radical (unpaired) electrons. The topological polar surface area (TPSA) is 39.1 Å². The second kappa shape index (κ2) is 6.68. The van der Waals surface area contributed by atoms with E-state index in [0.717, 1.165) is 36.9 Å². The number of ether oxygens (including phenoxy) is 1. The van der Waals surface area contributed by atoms with Gasteiger partial charge in [0.1, 0.15) is 5.01 Å². The van der Waals surface area contributed by atoms with Gasteiger partial charge in [0.05, 0.1) is 13.2 Å². The Morgan fingerprint density at radius 2 is 2.39 bits per heavy atom. The molecule has 0 amide bonds. The van der Waals surface area contributed by atoms with E-state index in [0.29, 0.717) is 0 Å². The fourth-order valence-corrected chi connectivity index (χ4v) is 2.51. The second-order valence-corrected chi connectivity index (χ2v) is 5.19. The highest BCUT2D eigenvalue weighted by atomic mass is 32.1. The maximum Gasteiger partial charge on any atom is 0.113 e. The van der Waals surface area contributed by atoms with Crippen LogP contribution in [0.25, 0.3) is 0 Å². The minimum absolute atomic E-state index is 0.749. The normalized spacial score (nSPS) is 11.0. The summed E-state index contributed by atoms with van der Waals surface area (Å²) in [6.07, 6.45) is 4.26. The lowest BCUT2D eigenvalue weighted by molar-refractivity contribution is 0.199. The molecule has 0 saturated carbocycles. The lowest BCUT2D eigenvalue weighted by Crippen LogP contribution is -2.18. The number of hydrogen-bond acceptors (Lipinski definition) is 4. The van der Waals surface area contributed by atoms with Crippen LogP contribution in [0, 0.1) is 6.92 Å². The van der Waals surface area contributed by atoms with Crippen molar-refractivity contribution in [3.8, 4) is 0 Å². The number of rotatable bonds is 7. The van der Waals surface area contributed by atoms with E-state index in [9.17, 15) is 0 Å². The van der Waals surface area contributed by atoms with Gasteiger partial charge in [0.2, 0.25) is 0 Å². The van der Waals surface area contributed by atoms with Gasteiger partial charge in [-0.2, -0.15) is 0 Å². The number of nitrogens with one attached hydrogen (secondary N) is 1. The summed E-state index contributed by atoms with van der Waals surface area (Å²) in [5, 5.41) is 6.58. The van der Waals surface area contributed by atoms with Crippen molar-refractivity contribution in [1.29, 1.82) is 0 Å². The molecule has 0 unspecified atom stereocenters. The van der Waals surface area contributed by atoms with Gasteiger partial charge < -0.3 is 14.6 Å². The molecule has 0 aliphatic carbocycles. The summed E-state index contributed by atoms with van der Waals surface area (Å²) in [5.74, 6) is 0. The molecule has 4 nitrogen and oxygen atoms in total. The first-order valence-corrected chi connectivity index (χ1v) is 6.91. The molecule has 0 aromatic carbocycles. The summed E-state index contributed by atoms with van der Waals surface area (Å²) in [4.78, 5) is 4.47. The summed E-state index contributed by atoms with van der Waals surface area (Å²) in [6.45, 7) is 5.40. The molecule has 0 spiro atoms. The van der Waals surface area contributed by atoms with Crippen molar-refractivity contribution in [2.45, 2.75) is 20.0 Å². The van der Waals surface area contributed by atoms with Crippen LogP contribution in [0.5, 0.6) is 0 Å². The predicted octanol–water partition coefficient (Wildman–Crippen LogP) is 2.04. The summed E-state index contributed by atoms with van der Waals surface area (Å²) >= 11 is 1.71. The van der Waals surface area contributed by atoms with Gasteiger partial charge in [0.25, 0.3) is 0 Å². The minimum Gasteiger partial charge on any atom is -0.383 e. The van der Waals surface area contributed by atoms with Crippen LogP contribution < -0.4 is 5.32 Å². The summed E-state index contributed by atoms with van der Waals surface area (Å²) in [5.41, 5.74) is 2.39. The van der Waals surface area contributed by atoms with E-state index in [-0.39, 0.29) is 0 Å². The van der Waals surface area contributed by atoms with Gasteiger partial charge in [-0.25, -0.2) is 4.98 Å². The van der Waals surface area contributed by atoms with E-state index in [1.807, 2.05) is 6.92 Å². The number of methoxy groups -OCH3 is 1. The molecule has 5 heteroatoms. The Labute approximate surface area is 112 Å². The highest BCUT2D eigenvalue weighted by Crippen LogP contribution is 2.11. The first kappa shape index (κ1) is 13.3. The van der Waals surface area contributed by atoms with Gasteiger partial charge in [0, 0.05) is 43.7 Å². The average molecular weight is 265 g/mol. The third-order valence-electron chi connectivity index (χ3n) is 2.61. The van der Waals surface area contributed by atoms with Crippen molar-refractivity contribution in [1.82, 2.24) is 14.9 Å². The zero-order valence-electron chi connectivity index (χ0n) is 10.8. The molecule has 2 aromatic heterocycles. The van der Waals surface area contributed by atoms with Crippen LogP contribution in [-0.2, 0) is 17.8 Å². The Balaban J connectivity index is 1.82. The smallest absolute Gasteiger partial charge is 0.113 e. The molecule has 0 bridgehead atoms. The van der Waals surface area contributed by atoms with Crippen LogP contribution in [-0.4, -0.2) is 29.8 Å². The van der Waals surface area contributed by atoms with Gasteiger partial charge in [0.15, 0.2) is 0 Å². The van der Waals surface area contributed by atoms with Crippen molar-refractivity contribution in [3.05, 3.63) is 40.1 Å². The Morgan fingerprint density at radius 3 is 3.11 bits per heavy atom. The second-order valence-electron chi connectivity index (χ2n) is 4.24. The van der Waals surface area contributed by atoms with Gasteiger partial charge in [-0.1, -0.05) is 0 Å². The van der Waals surface area contributed by atoms with Gasteiger partial charge >= 0.3 is 0 Å². The molecule has 0 fully saturated rings. The molecular weight excluding hydrogens is 246 g/mol. The number of nitrogens with zero attached hydrogens (tertiary/aromatic N) is 2. The Kier molecular flexibility index (Phi) is 4.92. The van der Waals surface area contributed by atoms with Crippen molar-refractivity contribution >= 4 is 11.3 Å². The van der Waals surface area contributed by atoms with Crippen LogP contribution in [0.1, 0.15) is 16.3 Å². The summed E-state index contributed by atoms with van der Waals surface area (Å²) in [6, 6.07) is 2.14. The molecule has 2 rings (SSSR count). The number of hydrogen-bond donors (Lipinski definition) is 1. The molecule has 0 aliphatic heterocycles. The number of aromatic nitrogens is 2. The third kappa shape index (κ3) is 3.94. The van der Waals surface area contributed by atoms with Crippen molar-refractivity contribution in [2.24, 2.45) is 0 Å². The molecule has 1 N–H and O–H groups in total. The van der Waals surface area contributed by atoms with Crippen LogP contribution in [0.2, 0.25) is 0 Å². The van der Waals surface area contributed by atoms with Crippen molar-refractivity contribution in [3.63, 3.8) is 0 Å². The SMILES string of the molecule is COCCNCc1ccn(Cc2nc(C)cs2)c1. The molecule has 98 valence electrons. The quantitative estimate of drug-likeness (QED) is 0.779. The van der Waals surface area contributed by atoms with Gasteiger partial charge in [-0.3, -0.25) is 0 Å². The van der Waals surface area contributed by atoms with E-state index < -0.39 is 0 Å². The fraction of sp³-hybridized carbons (Fsp3) is 0.462. The first-order valence-electron chi connectivity index (χ1n) is 6.03. The van der Waals surface area contributed by atoms with Crippen LogP contribution in [0.15, 0.2) is 23.8 Å². The standard InChI is InChI=1S/C13H19N3OS/c1-11-10-18-13(15-11)9-16-5-3-12(8-16)7-14-4-6-17-2/h3,5,8,10,14H,4,6-7,9H2,1-2H3. The number of aryl methyl sites for hydroxylation is 1. The highest BCUT2D eigenvalue weighted by Gasteiger charge is 2.01. The largest absolute Gasteiger partial charge is 0.383 e. The van der Waals surface area contributed by atoms with Crippen molar-refractivity contribution < 1.29 is 4.74 Å². The average Bonchev–Trinajstić information content (AvgIpc) is 2.95. The summed E-state index contributed by atoms with van der Waals surface area (Å²) < 4.78 is 7.16. The van der Waals surface area contributed by atoms with Crippen LogP contribution in [0.4, 0.5) is 0 Å². The van der Waals surface area contributed by atoms with E-state index in [2.05, 4.69) is 38.7 Å². The van der Waals surface area contributed by atoms with Crippen LogP contribution >= 0.6 is 11.3 Å². The van der Waals surface area contributed by atoms with E-state index in [1.165, 1.54) is 5.56 Å². The third-order valence-corrected chi connectivity index (χ3v) is 3.56. The Morgan fingerprint density at radius 1 is 1.50 bits per heavy atom.